The molecule has 0 saturated heterocycles. The number of aromatic carboxylic acids is 1. The molecule has 0 unspecified atom stereocenters. The number of likely N-dealkylation sites (N-methyl/N-ethyl adjacent to an activating group) is 1. The van der Waals surface area contributed by atoms with Crippen LogP contribution in [0.3, 0.4) is 0 Å². The van der Waals surface area contributed by atoms with Gasteiger partial charge in [0, 0.05) is 7.05 Å². The molecule has 0 atom stereocenters. The van der Waals surface area contributed by atoms with Gasteiger partial charge in [0.25, 0.3) is 5.76 Å². The second-order valence-electron chi connectivity index (χ2n) is 4.30. The highest BCUT2D eigenvalue weighted by molar-refractivity contribution is 5.90. The number of carboxylic acid groups (broad SMARTS) is 1. The normalized spacial score (nSPS) is 18.2. The van der Waals surface area contributed by atoms with E-state index in [1.165, 1.54) is 6.26 Å². The fourth-order valence-electron chi connectivity index (χ4n) is 1.81. The molecule has 0 amide bonds. The summed E-state index contributed by atoms with van der Waals surface area (Å²) in [7, 11) is 1.88. The molecule has 1 aliphatic heterocycles. The van der Waals surface area contributed by atoms with Gasteiger partial charge >= 0.3 is 5.97 Å². The van der Waals surface area contributed by atoms with Crippen molar-refractivity contribution in [3.8, 4) is 5.75 Å². The van der Waals surface area contributed by atoms with Gasteiger partial charge in [0.2, 0.25) is 0 Å². The molecule has 1 aromatic heterocycles. The third-order valence-corrected chi connectivity index (χ3v) is 2.33. The van der Waals surface area contributed by atoms with E-state index in [-0.39, 0.29) is 5.76 Å². The zero-order valence-electron chi connectivity index (χ0n) is 8.90. The summed E-state index contributed by atoms with van der Waals surface area (Å²) in [6.45, 7) is 4.51. The fourth-order valence-corrected chi connectivity index (χ4v) is 1.81. The molecule has 5 nitrogen and oxygen atoms in total. The van der Waals surface area contributed by atoms with Gasteiger partial charge in [-0.1, -0.05) is 0 Å². The van der Waals surface area contributed by atoms with Gasteiger partial charge in [0.1, 0.15) is 17.6 Å². The summed E-state index contributed by atoms with van der Waals surface area (Å²) in [5.74, 6) is -0.923. The Morgan fingerprint density at radius 2 is 2.27 bits per heavy atom. The van der Waals surface area contributed by atoms with Crippen LogP contribution in [-0.2, 0) is 0 Å². The minimum absolute atomic E-state index is 0.135. The summed E-state index contributed by atoms with van der Waals surface area (Å²) < 4.78 is 10.6. The standard InChI is InChI=1S/C10H13NO4/c1-10(2)5-11(3)6-4-14-8(9(12)13)7(6)15-10/h4H,5H2,1-3H3,(H,12,13). The molecule has 0 aliphatic carbocycles. The van der Waals surface area contributed by atoms with E-state index in [0.717, 1.165) is 0 Å². The van der Waals surface area contributed by atoms with E-state index in [4.69, 9.17) is 14.3 Å². The number of furan rings is 1. The number of carboxylic acids is 1. The lowest BCUT2D eigenvalue weighted by atomic mass is 10.1. The maximum atomic E-state index is 10.9. The van der Waals surface area contributed by atoms with E-state index in [1.807, 2.05) is 25.8 Å². The van der Waals surface area contributed by atoms with Crippen molar-refractivity contribution in [3.63, 3.8) is 0 Å². The number of carbonyl (C=O) groups is 1. The monoisotopic (exact) mass is 211 g/mol. The van der Waals surface area contributed by atoms with Gasteiger partial charge in [0.15, 0.2) is 5.75 Å². The number of anilines is 1. The third-order valence-electron chi connectivity index (χ3n) is 2.33. The van der Waals surface area contributed by atoms with Crippen LogP contribution in [0.15, 0.2) is 10.7 Å². The minimum atomic E-state index is -1.11. The molecule has 15 heavy (non-hydrogen) atoms. The predicted molar refractivity (Wildman–Crippen MR) is 53.6 cm³/mol. The Morgan fingerprint density at radius 1 is 1.60 bits per heavy atom. The van der Waals surface area contributed by atoms with Gasteiger partial charge < -0.3 is 19.2 Å². The molecule has 0 radical (unpaired) electrons. The Morgan fingerprint density at radius 3 is 2.87 bits per heavy atom. The Kier molecular flexibility index (Phi) is 1.92. The number of hydrogen-bond acceptors (Lipinski definition) is 4. The molecule has 2 rings (SSSR count). The van der Waals surface area contributed by atoms with Crippen LogP contribution >= 0.6 is 0 Å². The van der Waals surface area contributed by atoms with Gasteiger partial charge in [0.05, 0.1) is 6.54 Å². The van der Waals surface area contributed by atoms with E-state index in [9.17, 15) is 4.79 Å². The first-order chi connectivity index (χ1) is 6.91. The summed E-state index contributed by atoms with van der Waals surface area (Å²) >= 11 is 0. The molecule has 1 aliphatic rings. The first kappa shape index (κ1) is 9.89. The quantitative estimate of drug-likeness (QED) is 0.764. The van der Waals surface area contributed by atoms with Gasteiger partial charge in [-0.25, -0.2) is 4.79 Å². The van der Waals surface area contributed by atoms with Crippen LogP contribution in [0.5, 0.6) is 5.75 Å². The largest absolute Gasteiger partial charge is 0.480 e. The average molecular weight is 211 g/mol. The summed E-state index contributed by atoms with van der Waals surface area (Å²) in [5, 5.41) is 8.89. The summed E-state index contributed by atoms with van der Waals surface area (Å²) in [6.07, 6.45) is 1.41. The number of ether oxygens (including phenoxy) is 1. The van der Waals surface area contributed by atoms with E-state index in [1.54, 1.807) is 0 Å². The zero-order valence-corrected chi connectivity index (χ0v) is 8.90. The average Bonchev–Trinajstić information content (AvgIpc) is 2.45. The first-order valence-electron chi connectivity index (χ1n) is 4.66. The first-order valence-corrected chi connectivity index (χ1v) is 4.66. The SMILES string of the molecule is CN1CC(C)(C)Oc2c1coc2C(=O)O. The lowest BCUT2D eigenvalue weighted by Gasteiger charge is -2.36. The second-order valence-corrected chi connectivity index (χ2v) is 4.30. The van der Waals surface area contributed by atoms with Gasteiger partial charge in [-0.05, 0) is 13.8 Å². The van der Waals surface area contributed by atoms with Crippen molar-refractivity contribution in [2.24, 2.45) is 0 Å². The minimum Gasteiger partial charge on any atom is -0.480 e. The van der Waals surface area contributed by atoms with Gasteiger partial charge in [-0.15, -0.1) is 0 Å². The molecule has 0 aromatic carbocycles. The molecule has 0 spiro atoms. The van der Waals surface area contributed by atoms with Crippen LogP contribution in [-0.4, -0.2) is 30.3 Å². The Bertz CT molecular complexity index is 408. The van der Waals surface area contributed by atoms with Crippen molar-refractivity contribution in [2.45, 2.75) is 19.4 Å². The molecule has 2 heterocycles. The van der Waals surface area contributed by atoms with Crippen molar-refractivity contribution in [3.05, 3.63) is 12.0 Å². The maximum absolute atomic E-state index is 10.9. The van der Waals surface area contributed by atoms with Crippen molar-refractivity contribution >= 4 is 11.7 Å². The summed E-state index contributed by atoms with van der Waals surface area (Å²) in [5.41, 5.74) is 0.280. The number of rotatable bonds is 1. The van der Waals surface area contributed by atoms with Crippen LogP contribution in [0, 0.1) is 0 Å². The molecule has 1 N–H and O–H groups in total. The zero-order chi connectivity index (χ0) is 11.2. The Balaban J connectivity index is 2.49. The van der Waals surface area contributed by atoms with Gasteiger partial charge in [-0.3, -0.25) is 0 Å². The fraction of sp³-hybridized carbons (Fsp3) is 0.500. The summed E-state index contributed by atoms with van der Waals surface area (Å²) in [6, 6.07) is 0. The molecular formula is C10H13NO4. The predicted octanol–water partition coefficient (Wildman–Crippen LogP) is 1.58. The van der Waals surface area contributed by atoms with Gasteiger partial charge in [-0.2, -0.15) is 0 Å². The van der Waals surface area contributed by atoms with Crippen LogP contribution < -0.4 is 9.64 Å². The van der Waals surface area contributed by atoms with E-state index in [0.29, 0.717) is 18.0 Å². The lowest BCUT2D eigenvalue weighted by Crippen LogP contribution is -2.45. The molecule has 0 bridgehead atoms. The number of hydrogen-bond donors (Lipinski definition) is 1. The highest BCUT2D eigenvalue weighted by Gasteiger charge is 2.35. The Labute approximate surface area is 87.2 Å². The molecule has 82 valence electrons. The van der Waals surface area contributed by atoms with Crippen LogP contribution in [0.1, 0.15) is 24.4 Å². The molecule has 5 heteroatoms. The molecule has 0 fully saturated rings. The topological polar surface area (TPSA) is 62.9 Å². The van der Waals surface area contributed by atoms with Crippen LogP contribution in [0.4, 0.5) is 5.69 Å². The van der Waals surface area contributed by atoms with Crippen molar-refractivity contribution in [1.82, 2.24) is 0 Å². The second kappa shape index (κ2) is 2.92. The molecule has 1 aromatic rings. The molecule has 0 saturated carbocycles. The van der Waals surface area contributed by atoms with E-state index < -0.39 is 11.6 Å². The number of fused-ring (bicyclic) bond motifs is 1. The van der Waals surface area contributed by atoms with Crippen molar-refractivity contribution < 1.29 is 19.1 Å². The van der Waals surface area contributed by atoms with E-state index >= 15 is 0 Å². The smallest absolute Gasteiger partial charge is 0.375 e. The van der Waals surface area contributed by atoms with Crippen molar-refractivity contribution in [2.75, 3.05) is 18.5 Å². The maximum Gasteiger partial charge on any atom is 0.375 e. The highest BCUT2D eigenvalue weighted by Crippen LogP contribution is 2.40. The number of nitrogens with zero attached hydrogens (tertiary/aromatic N) is 1. The van der Waals surface area contributed by atoms with Crippen molar-refractivity contribution in [1.29, 1.82) is 0 Å². The summed E-state index contributed by atoms with van der Waals surface area (Å²) in [4.78, 5) is 12.8. The van der Waals surface area contributed by atoms with Crippen LogP contribution in [0.25, 0.3) is 0 Å². The van der Waals surface area contributed by atoms with E-state index in [2.05, 4.69) is 0 Å². The Hall–Kier alpha value is -1.65. The third kappa shape index (κ3) is 1.54. The highest BCUT2D eigenvalue weighted by atomic mass is 16.5. The lowest BCUT2D eigenvalue weighted by molar-refractivity contribution is 0.0632. The molecular weight excluding hydrogens is 198 g/mol. The van der Waals surface area contributed by atoms with Crippen LogP contribution in [0.2, 0.25) is 0 Å².